The van der Waals surface area contributed by atoms with E-state index in [9.17, 15) is 0 Å². The fourth-order valence-corrected chi connectivity index (χ4v) is 6.07. The van der Waals surface area contributed by atoms with Crippen molar-refractivity contribution in [2.45, 2.75) is 212 Å². The molecule has 0 amide bonds. The van der Waals surface area contributed by atoms with Gasteiger partial charge in [-0.15, -0.1) is 0 Å². The van der Waals surface area contributed by atoms with Gasteiger partial charge >= 0.3 is 0 Å². The number of hydrogen-bond donors (Lipinski definition) is 1. The summed E-state index contributed by atoms with van der Waals surface area (Å²) in [5.41, 5.74) is 6.39. The molecule has 1 heterocycles. The summed E-state index contributed by atoms with van der Waals surface area (Å²) in [5, 5.41) is 0. The Morgan fingerprint density at radius 3 is 1.00 bits per heavy atom. The van der Waals surface area contributed by atoms with Crippen LogP contribution in [0.4, 0.5) is 0 Å². The third kappa shape index (κ3) is 15.7. The second-order valence-corrected chi connectivity index (χ2v) is 12.0. The molecule has 2 atom stereocenters. The van der Waals surface area contributed by atoms with Crippen LogP contribution in [0.15, 0.2) is 0 Å². The predicted octanol–water partition coefficient (Wildman–Crippen LogP) is 11.4. The summed E-state index contributed by atoms with van der Waals surface area (Å²) < 4.78 is 6.23. The van der Waals surface area contributed by atoms with Gasteiger partial charge < -0.3 is 10.5 Å². The van der Waals surface area contributed by atoms with Crippen LogP contribution in [0.25, 0.3) is 0 Å². The van der Waals surface area contributed by atoms with Gasteiger partial charge in [-0.25, -0.2) is 0 Å². The van der Waals surface area contributed by atoms with E-state index in [2.05, 4.69) is 20.8 Å². The Labute approximate surface area is 222 Å². The van der Waals surface area contributed by atoms with E-state index in [1.807, 2.05) is 0 Å². The molecule has 0 aromatic carbocycles. The molecule has 0 bridgehead atoms. The van der Waals surface area contributed by atoms with Crippen LogP contribution >= 0.6 is 0 Å². The highest BCUT2D eigenvalue weighted by atomic mass is 16.6. The van der Waals surface area contributed by atoms with Gasteiger partial charge in [0.25, 0.3) is 0 Å². The van der Waals surface area contributed by atoms with Gasteiger partial charge in [-0.3, -0.25) is 0 Å². The minimum absolute atomic E-state index is 0.00260. The molecule has 1 saturated heterocycles. The van der Waals surface area contributed by atoms with E-state index in [0.717, 1.165) is 12.8 Å². The smallest absolute Gasteiger partial charge is 0.147 e. The summed E-state index contributed by atoms with van der Waals surface area (Å²) in [5.74, 6) is 0. The highest BCUT2D eigenvalue weighted by Crippen LogP contribution is 2.52. The molecular formula is C33H67NO. The van der Waals surface area contributed by atoms with Crippen molar-refractivity contribution in [3.05, 3.63) is 0 Å². The standard InChI is InChI=1S/C33H67NO/c1-4-7-9-11-13-15-17-19-21-23-25-27-29-31-33(34)32(6-3,35-33)30-28-26-24-22-20-18-16-14-12-10-8-5-2/h4-31,34H2,1-3H3. The van der Waals surface area contributed by atoms with E-state index in [-0.39, 0.29) is 11.3 Å². The predicted molar refractivity (Wildman–Crippen MR) is 157 cm³/mol. The molecule has 0 aromatic rings. The Morgan fingerprint density at radius 1 is 0.400 bits per heavy atom. The van der Waals surface area contributed by atoms with Crippen molar-refractivity contribution in [2.24, 2.45) is 5.73 Å². The Hall–Kier alpha value is -0.0800. The molecule has 2 heteroatoms. The van der Waals surface area contributed by atoms with E-state index in [1.54, 1.807) is 0 Å². The summed E-state index contributed by atoms with van der Waals surface area (Å²) in [7, 11) is 0. The second kappa shape index (κ2) is 22.0. The van der Waals surface area contributed by atoms with E-state index >= 15 is 0 Å². The Morgan fingerprint density at radius 2 is 0.686 bits per heavy atom. The molecule has 1 aliphatic rings. The molecule has 35 heavy (non-hydrogen) atoms. The van der Waals surface area contributed by atoms with Gasteiger partial charge in [-0.05, 0) is 25.7 Å². The summed E-state index contributed by atoms with van der Waals surface area (Å²) >= 11 is 0. The van der Waals surface area contributed by atoms with Crippen LogP contribution in [-0.4, -0.2) is 11.3 Å². The first-order valence-electron chi connectivity index (χ1n) is 16.6. The summed E-state index contributed by atoms with van der Waals surface area (Å²) in [6, 6.07) is 0. The first-order valence-corrected chi connectivity index (χ1v) is 16.6. The largest absolute Gasteiger partial charge is 0.347 e. The molecule has 2 N–H and O–H groups in total. The zero-order valence-electron chi connectivity index (χ0n) is 24.8. The van der Waals surface area contributed by atoms with Crippen LogP contribution < -0.4 is 5.73 Å². The lowest BCUT2D eigenvalue weighted by Gasteiger charge is -2.15. The number of hydrogen-bond acceptors (Lipinski definition) is 2. The van der Waals surface area contributed by atoms with Crippen molar-refractivity contribution < 1.29 is 4.74 Å². The first-order chi connectivity index (χ1) is 17.1. The molecular weight excluding hydrogens is 426 g/mol. The highest BCUT2D eigenvalue weighted by Gasteiger charge is 2.65. The Balaban J connectivity index is 1.92. The maximum absolute atomic E-state index is 6.69. The lowest BCUT2D eigenvalue weighted by atomic mass is 9.88. The molecule has 0 spiro atoms. The normalized spacial score (nSPS) is 21.6. The fraction of sp³-hybridized carbons (Fsp3) is 1.00. The lowest BCUT2D eigenvalue weighted by molar-refractivity contribution is 0.240. The third-order valence-corrected chi connectivity index (χ3v) is 8.76. The van der Waals surface area contributed by atoms with Crippen LogP contribution in [0.5, 0.6) is 0 Å². The minimum Gasteiger partial charge on any atom is -0.347 e. The average Bonchev–Trinajstić information content (AvgIpc) is 3.46. The van der Waals surface area contributed by atoms with Gasteiger partial charge in [0.05, 0.1) is 0 Å². The maximum atomic E-state index is 6.69. The van der Waals surface area contributed by atoms with Crippen molar-refractivity contribution >= 4 is 0 Å². The zero-order chi connectivity index (χ0) is 25.5. The van der Waals surface area contributed by atoms with Gasteiger partial charge in [0.1, 0.15) is 11.3 Å². The topological polar surface area (TPSA) is 38.5 Å². The molecule has 0 aliphatic carbocycles. The molecule has 0 radical (unpaired) electrons. The molecule has 1 aliphatic heterocycles. The quantitative estimate of drug-likeness (QED) is 0.0869. The van der Waals surface area contributed by atoms with Gasteiger partial charge in [-0.1, -0.05) is 175 Å². The molecule has 0 saturated carbocycles. The zero-order valence-corrected chi connectivity index (χ0v) is 24.8. The summed E-state index contributed by atoms with van der Waals surface area (Å²) in [6.07, 6.45) is 38.5. The van der Waals surface area contributed by atoms with Crippen LogP contribution in [-0.2, 0) is 4.74 Å². The van der Waals surface area contributed by atoms with Crippen molar-refractivity contribution in [3.8, 4) is 0 Å². The number of ether oxygens (including phenoxy) is 1. The first kappa shape index (κ1) is 32.9. The number of unbranched alkanes of at least 4 members (excludes halogenated alkanes) is 23. The van der Waals surface area contributed by atoms with Gasteiger partial charge in [-0.2, -0.15) is 0 Å². The molecule has 210 valence electrons. The number of rotatable bonds is 28. The van der Waals surface area contributed by atoms with Crippen LogP contribution in [0, 0.1) is 0 Å². The van der Waals surface area contributed by atoms with E-state index in [1.165, 1.54) is 167 Å². The highest BCUT2D eigenvalue weighted by molar-refractivity contribution is 5.11. The van der Waals surface area contributed by atoms with E-state index in [4.69, 9.17) is 10.5 Å². The lowest BCUT2D eigenvalue weighted by Crippen LogP contribution is -2.34. The Kier molecular flexibility index (Phi) is 20.7. The van der Waals surface area contributed by atoms with Gasteiger partial charge in [0.15, 0.2) is 0 Å². The van der Waals surface area contributed by atoms with Crippen molar-refractivity contribution in [2.75, 3.05) is 0 Å². The van der Waals surface area contributed by atoms with Crippen LogP contribution in [0.3, 0.4) is 0 Å². The van der Waals surface area contributed by atoms with Gasteiger partial charge in [0, 0.05) is 0 Å². The molecule has 2 unspecified atom stereocenters. The SMILES string of the molecule is CCCCCCCCCCCCCCCC1(N)OC1(CC)CCCCCCCCCCCCCC. The van der Waals surface area contributed by atoms with Crippen molar-refractivity contribution in [1.29, 1.82) is 0 Å². The molecule has 1 fully saturated rings. The number of epoxide rings is 1. The molecule has 0 aromatic heterocycles. The number of nitrogens with two attached hydrogens (primary N) is 1. The molecule has 2 nitrogen and oxygen atoms in total. The maximum Gasteiger partial charge on any atom is 0.147 e. The van der Waals surface area contributed by atoms with Crippen LogP contribution in [0.2, 0.25) is 0 Å². The third-order valence-electron chi connectivity index (χ3n) is 8.76. The van der Waals surface area contributed by atoms with Gasteiger partial charge in [0.2, 0.25) is 0 Å². The van der Waals surface area contributed by atoms with E-state index < -0.39 is 0 Å². The van der Waals surface area contributed by atoms with Crippen molar-refractivity contribution in [1.82, 2.24) is 0 Å². The summed E-state index contributed by atoms with van der Waals surface area (Å²) in [4.78, 5) is 0. The van der Waals surface area contributed by atoms with E-state index in [0.29, 0.717) is 0 Å². The summed E-state index contributed by atoms with van der Waals surface area (Å²) in [6.45, 7) is 6.87. The van der Waals surface area contributed by atoms with Crippen molar-refractivity contribution in [3.63, 3.8) is 0 Å². The average molecular weight is 494 g/mol. The Bertz CT molecular complexity index is 452. The second-order valence-electron chi connectivity index (χ2n) is 12.0. The van der Waals surface area contributed by atoms with Crippen LogP contribution in [0.1, 0.15) is 201 Å². The molecule has 1 rings (SSSR count). The minimum atomic E-state index is -0.308. The monoisotopic (exact) mass is 494 g/mol. The fourth-order valence-electron chi connectivity index (χ4n) is 6.07.